The number of rotatable bonds is 4. The Morgan fingerprint density at radius 1 is 0.418 bits per heavy atom. The fourth-order valence-corrected chi connectivity index (χ4v) is 9.27. The largest absolute Gasteiger partial charge is 0.455 e. The summed E-state index contributed by atoms with van der Waals surface area (Å²) in [5.74, 6) is 1.70. The Hall–Kier alpha value is -6.90. The predicted molar refractivity (Wildman–Crippen MR) is 230 cm³/mol. The number of hydrogen-bond acceptors (Lipinski definition) is 2. The van der Waals surface area contributed by atoms with Gasteiger partial charge in [0.1, 0.15) is 11.5 Å². The van der Waals surface area contributed by atoms with Crippen LogP contribution in [0.1, 0.15) is 25.0 Å². The van der Waals surface area contributed by atoms with Crippen molar-refractivity contribution < 1.29 is 4.74 Å². The van der Waals surface area contributed by atoms with Crippen molar-refractivity contribution in [2.45, 2.75) is 19.3 Å². The topological polar surface area (TPSA) is 12.5 Å². The minimum absolute atomic E-state index is 0.155. The van der Waals surface area contributed by atoms with Crippen LogP contribution in [0, 0.1) is 0 Å². The quantitative estimate of drug-likeness (QED) is 0.169. The zero-order valence-corrected chi connectivity index (χ0v) is 30.8. The van der Waals surface area contributed by atoms with Gasteiger partial charge in [-0.2, -0.15) is 0 Å². The molecule has 0 atom stereocenters. The summed E-state index contributed by atoms with van der Waals surface area (Å²) >= 11 is 0. The minimum atomic E-state index is -0.155. The third-order valence-electron chi connectivity index (χ3n) is 11.9. The Kier molecular flexibility index (Phi) is 6.93. The van der Waals surface area contributed by atoms with Gasteiger partial charge in [0, 0.05) is 33.2 Å². The van der Waals surface area contributed by atoms with Gasteiger partial charge in [0.15, 0.2) is 0 Å². The zero-order chi connectivity index (χ0) is 36.7. The molecule has 2 nitrogen and oxygen atoms in total. The summed E-state index contributed by atoms with van der Waals surface area (Å²) in [6.07, 6.45) is 0. The van der Waals surface area contributed by atoms with E-state index in [1.165, 1.54) is 43.8 Å². The number of benzene rings is 9. The second-order valence-electron chi connectivity index (χ2n) is 15.2. The van der Waals surface area contributed by atoms with E-state index in [1.54, 1.807) is 0 Å². The monoisotopic (exact) mass is 703 g/mol. The number of anilines is 3. The highest BCUT2D eigenvalue weighted by Gasteiger charge is 2.36. The van der Waals surface area contributed by atoms with Crippen molar-refractivity contribution in [2.75, 3.05) is 4.90 Å². The van der Waals surface area contributed by atoms with Crippen LogP contribution < -0.4 is 9.64 Å². The van der Waals surface area contributed by atoms with Gasteiger partial charge in [0.05, 0.1) is 11.4 Å². The van der Waals surface area contributed by atoms with Gasteiger partial charge in [-0.1, -0.05) is 172 Å². The van der Waals surface area contributed by atoms with Gasteiger partial charge in [0.2, 0.25) is 0 Å². The molecule has 2 aliphatic rings. The maximum absolute atomic E-state index is 7.21. The van der Waals surface area contributed by atoms with Crippen LogP contribution in [0.5, 0.6) is 11.5 Å². The Bertz CT molecular complexity index is 2990. The SMILES string of the molecule is CC1(C)c2ccccc2-c2ccc(N(c3cccc4c3-c3ccccc3-c3cccc(-c5ccccc5)c3O4)c3cc4ccccc4c4ccccc34)cc21. The summed E-state index contributed by atoms with van der Waals surface area (Å²) in [7, 11) is 0. The first-order valence-electron chi connectivity index (χ1n) is 19.1. The molecule has 0 amide bonds. The third kappa shape index (κ3) is 4.74. The van der Waals surface area contributed by atoms with E-state index >= 15 is 0 Å². The first-order chi connectivity index (χ1) is 27.1. The van der Waals surface area contributed by atoms with Crippen molar-refractivity contribution in [3.8, 4) is 56.0 Å². The van der Waals surface area contributed by atoms with Gasteiger partial charge in [-0.3, -0.25) is 0 Å². The van der Waals surface area contributed by atoms with E-state index in [1.807, 2.05) is 0 Å². The molecule has 0 radical (unpaired) electrons. The van der Waals surface area contributed by atoms with E-state index < -0.39 is 0 Å². The number of ether oxygens (including phenoxy) is 1. The van der Waals surface area contributed by atoms with E-state index in [9.17, 15) is 0 Å². The Labute approximate surface area is 321 Å². The van der Waals surface area contributed by atoms with Gasteiger partial charge < -0.3 is 9.64 Å². The summed E-state index contributed by atoms with van der Waals surface area (Å²) in [6, 6.07) is 68.3. The highest BCUT2D eigenvalue weighted by atomic mass is 16.5. The van der Waals surface area contributed by atoms with Crippen molar-refractivity contribution in [3.05, 3.63) is 199 Å². The second kappa shape index (κ2) is 12.1. The molecule has 1 aliphatic heterocycles. The molecule has 0 fully saturated rings. The van der Waals surface area contributed by atoms with Crippen LogP contribution >= 0.6 is 0 Å². The maximum Gasteiger partial charge on any atom is 0.143 e. The highest BCUT2D eigenvalue weighted by Crippen LogP contribution is 2.56. The molecule has 0 unspecified atom stereocenters. The summed E-state index contributed by atoms with van der Waals surface area (Å²) in [6.45, 7) is 4.72. The third-order valence-corrected chi connectivity index (χ3v) is 11.9. The zero-order valence-electron chi connectivity index (χ0n) is 30.8. The lowest BCUT2D eigenvalue weighted by atomic mass is 9.82. The van der Waals surface area contributed by atoms with E-state index in [-0.39, 0.29) is 5.41 Å². The van der Waals surface area contributed by atoms with Gasteiger partial charge in [-0.25, -0.2) is 0 Å². The fourth-order valence-electron chi connectivity index (χ4n) is 9.27. The molecule has 2 heteroatoms. The summed E-state index contributed by atoms with van der Waals surface area (Å²) in [5, 5.41) is 4.87. The van der Waals surface area contributed by atoms with Gasteiger partial charge in [-0.05, 0) is 85.4 Å². The first kappa shape index (κ1) is 31.6. The summed E-state index contributed by atoms with van der Waals surface area (Å²) < 4.78 is 7.21. The lowest BCUT2D eigenvalue weighted by Gasteiger charge is -2.31. The van der Waals surface area contributed by atoms with E-state index in [0.29, 0.717) is 0 Å². The number of hydrogen-bond donors (Lipinski definition) is 0. The van der Waals surface area contributed by atoms with Gasteiger partial charge in [-0.15, -0.1) is 0 Å². The first-order valence-corrected chi connectivity index (χ1v) is 19.1. The van der Waals surface area contributed by atoms with Crippen LogP contribution in [0.15, 0.2) is 188 Å². The van der Waals surface area contributed by atoms with Crippen molar-refractivity contribution in [3.63, 3.8) is 0 Å². The molecule has 0 saturated heterocycles. The average molecular weight is 704 g/mol. The molecule has 9 aromatic carbocycles. The molecule has 1 heterocycles. The highest BCUT2D eigenvalue weighted by molar-refractivity contribution is 6.15. The maximum atomic E-state index is 7.21. The van der Waals surface area contributed by atoms with Crippen LogP contribution in [0.25, 0.3) is 66.1 Å². The van der Waals surface area contributed by atoms with Gasteiger partial charge in [0.25, 0.3) is 0 Å². The number of nitrogens with zero attached hydrogens (tertiary/aromatic N) is 1. The molecule has 0 saturated carbocycles. The molecule has 0 aromatic heterocycles. The van der Waals surface area contributed by atoms with Crippen LogP contribution in [-0.4, -0.2) is 0 Å². The lowest BCUT2D eigenvalue weighted by molar-refractivity contribution is 0.489. The van der Waals surface area contributed by atoms with Crippen LogP contribution in [0.4, 0.5) is 17.1 Å². The number of fused-ring (bicyclic) bond motifs is 11. The molecular formula is C53H37NO. The fraction of sp³-hybridized carbons (Fsp3) is 0.0566. The molecule has 55 heavy (non-hydrogen) atoms. The van der Waals surface area contributed by atoms with E-state index in [2.05, 4.69) is 207 Å². The standard InChI is InChI=1S/C53H37NO/c1-53(2)46-27-13-12-22-41(46)42-31-30-36(33-47(42)53)54(49-32-35-18-6-7-19-37(35)39-20-8-10-23-43(39)49)48-28-15-29-50-51(48)44-24-11-9-21-40(44)45-26-14-25-38(52(45)55-50)34-16-4-3-5-17-34/h3-33H,1-2H3. The second-order valence-corrected chi connectivity index (χ2v) is 15.2. The van der Waals surface area contributed by atoms with Crippen molar-refractivity contribution in [1.29, 1.82) is 0 Å². The number of para-hydroxylation sites is 1. The van der Waals surface area contributed by atoms with Crippen LogP contribution in [-0.2, 0) is 5.41 Å². The van der Waals surface area contributed by atoms with Crippen LogP contribution in [0.3, 0.4) is 0 Å². The smallest absolute Gasteiger partial charge is 0.143 e. The van der Waals surface area contributed by atoms with E-state index in [0.717, 1.165) is 61.9 Å². The predicted octanol–water partition coefficient (Wildman–Crippen LogP) is 14.9. The lowest BCUT2D eigenvalue weighted by Crippen LogP contribution is -2.17. The molecular weight excluding hydrogens is 667 g/mol. The molecule has 11 rings (SSSR count). The normalized spacial score (nSPS) is 13.2. The van der Waals surface area contributed by atoms with Crippen molar-refractivity contribution in [2.24, 2.45) is 0 Å². The molecule has 9 aromatic rings. The molecule has 0 spiro atoms. The molecule has 0 N–H and O–H groups in total. The van der Waals surface area contributed by atoms with Gasteiger partial charge >= 0.3 is 0 Å². The Morgan fingerprint density at radius 3 is 1.91 bits per heavy atom. The van der Waals surface area contributed by atoms with Crippen LogP contribution in [0.2, 0.25) is 0 Å². The summed E-state index contributed by atoms with van der Waals surface area (Å²) in [5.41, 5.74) is 15.1. The minimum Gasteiger partial charge on any atom is -0.455 e. The average Bonchev–Trinajstić information content (AvgIpc) is 3.36. The Balaban J connectivity index is 1.22. The molecule has 0 bridgehead atoms. The Morgan fingerprint density at radius 2 is 1.05 bits per heavy atom. The summed E-state index contributed by atoms with van der Waals surface area (Å²) in [4.78, 5) is 2.49. The van der Waals surface area contributed by atoms with E-state index in [4.69, 9.17) is 4.74 Å². The molecule has 260 valence electrons. The van der Waals surface area contributed by atoms with Crippen molar-refractivity contribution in [1.82, 2.24) is 0 Å². The van der Waals surface area contributed by atoms with Crippen molar-refractivity contribution >= 4 is 38.6 Å². The molecule has 1 aliphatic carbocycles.